The van der Waals surface area contributed by atoms with E-state index in [0.717, 1.165) is 5.56 Å². The highest BCUT2D eigenvalue weighted by Gasteiger charge is 2.05. The standard InChI is InChI=1S/C18H18ClN5S/c1-13-4-2-3-5-15(13)11-24-12-21-17(23-24)22-18(25)20-10-14-6-8-16(19)9-7-14/h2-9,12H,10-11H2,1H3,(H2,20,22,23,25). The van der Waals surface area contributed by atoms with E-state index in [-0.39, 0.29) is 0 Å². The van der Waals surface area contributed by atoms with E-state index in [0.29, 0.717) is 29.2 Å². The first-order chi connectivity index (χ1) is 12.1. The van der Waals surface area contributed by atoms with Crippen LogP contribution in [0, 0.1) is 6.92 Å². The van der Waals surface area contributed by atoms with Crippen molar-refractivity contribution in [3.05, 3.63) is 76.6 Å². The number of nitrogens with zero attached hydrogens (tertiary/aromatic N) is 3. The Labute approximate surface area is 157 Å². The van der Waals surface area contributed by atoms with Crippen LogP contribution in [0.2, 0.25) is 5.02 Å². The van der Waals surface area contributed by atoms with E-state index in [1.54, 1.807) is 11.0 Å². The summed E-state index contributed by atoms with van der Waals surface area (Å²) in [5, 5.41) is 11.7. The molecule has 3 rings (SSSR count). The van der Waals surface area contributed by atoms with Gasteiger partial charge in [0.05, 0.1) is 6.54 Å². The van der Waals surface area contributed by atoms with Crippen molar-refractivity contribution < 1.29 is 0 Å². The molecule has 2 aromatic carbocycles. The Bertz CT molecular complexity index is 860. The minimum absolute atomic E-state index is 0.474. The van der Waals surface area contributed by atoms with Gasteiger partial charge in [-0.15, -0.1) is 5.10 Å². The summed E-state index contributed by atoms with van der Waals surface area (Å²) < 4.78 is 1.78. The normalized spacial score (nSPS) is 10.5. The molecule has 128 valence electrons. The molecule has 5 nitrogen and oxygen atoms in total. The van der Waals surface area contributed by atoms with Crippen LogP contribution in [0.5, 0.6) is 0 Å². The van der Waals surface area contributed by atoms with E-state index in [1.807, 2.05) is 36.4 Å². The van der Waals surface area contributed by atoms with Gasteiger partial charge in [0.25, 0.3) is 0 Å². The number of thiocarbonyl (C=S) groups is 1. The van der Waals surface area contributed by atoms with Crippen molar-refractivity contribution in [2.24, 2.45) is 0 Å². The molecule has 2 N–H and O–H groups in total. The van der Waals surface area contributed by atoms with Gasteiger partial charge >= 0.3 is 0 Å². The summed E-state index contributed by atoms with van der Waals surface area (Å²) in [5.74, 6) is 0.474. The summed E-state index contributed by atoms with van der Waals surface area (Å²) in [6.07, 6.45) is 1.69. The van der Waals surface area contributed by atoms with Crippen molar-refractivity contribution in [3.63, 3.8) is 0 Å². The Hall–Kier alpha value is -2.44. The lowest BCUT2D eigenvalue weighted by atomic mass is 10.1. The quantitative estimate of drug-likeness (QED) is 0.668. The van der Waals surface area contributed by atoms with E-state index < -0.39 is 0 Å². The van der Waals surface area contributed by atoms with Crippen molar-refractivity contribution in [1.29, 1.82) is 0 Å². The molecule has 0 aliphatic heterocycles. The van der Waals surface area contributed by atoms with Gasteiger partial charge in [-0.05, 0) is 48.0 Å². The fourth-order valence-electron chi connectivity index (χ4n) is 2.32. The molecule has 3 aromatic rings. The Morgan fingerprint density at radius 3 is 2.68 bits per heavy atom. The van der Waals surface area contributed by atoms with Crippen molar-refractivity contribution >= 4 is 34.9 Å². The van der Waals surface area contributed by atoms with E-state index >= 15 is 0 Å². The number of aromatic nitrogens is 3. The van der Waals surface area contributed by atoms with Gasteiger partial charge in [-0.3, -0.25) is 5.32 Å². The summed E-state index contributed by atoms with van der Waals surface area (Å²) in [5.41, 5.74) is 3.53. The maximum Gasteiger partial charge on any atom is 0.248 e. The fourth-order valence-corrected chi connectivity index (χ4v) is 2.61. The first kappa shape index (κ1) is 17.4. The lowest BCUT2D eigenvalue weighted by Gasteiger charge is -2.08. The average molecular weight is 372 g/mol. The second-order valence-corrected chi connectivity index (χ2v) is 6.47. The van der Waals surface area contributed by atoms with Crippen LogP contribution in [0.4, 0.5) is 5.95 Å². The lowest BCUT2D eigenvalue weighted by molar-refractivity contribution is 0.684. The number of aryl methyl sites for hydroxylation is 1. The Balaban J connectivity index is 1.53. The first-order valence-electron chi connectivity index (χ1n) is 7.83. The number of halogens is 1. The van der Waals surface area contributed by atoms with Crippen LogP contribution < -0.4 is 10.6 Å². The average Bonchev–Trinajstić information content (AvgIpc) is 3.03. The van der Waals surface area contributed by atoms with Crippen LogP contribution in [-0.2, 0) is 13.1 Å². The molecule has 0 saturated heterocycles. The highest BCUT2D eigenvalue weighted by Crippen LogP contribution is 2.10. The van der Waals surface area contributed by atoms with Gasteiger partial charge in [-0.25, -0.2) is 9.67 Å². The third kappa shape index (κ3) is 5.01. The van der Waals surface area contributed by atoms with Crippen LogP contribution in [0.1, 0.15) is 16.7 Å². The molecule has 0 aliphatic carbocycles. The minimum Gasteiger partial charge on any atom is -0.358 e. The highest BCUT2D eigenvalue weighted by atomic mass is 35.5. The molecule has 0 amide bonds. The molecule has 0 aliphatic rings. The van der Waals surface area contributed by atoms with Crippen molar-refractivity contribution in [1.82, 2.24) is 20.1 Å². The SMILES string of the molecule is Cc1ccccc1Cn1cnc(NC(=S)NCc2ccc(Cl)cc2)n1. The molecule has 0 bridgehead atoms. The van der Waals surface area contributed by atoms with Gasteiger partial charge in [0.1, 0.15) is 6.33 Å². The van der Waals surface area contributed by atoms with E-state index in [1.165, 1.54) is 11.1 Å². The zero-order chi connectivity index (χ0) is 17.6. The van der Waals surface area contributed by atoms with Crippen molar-refractivity contribution in [2.75, 3.05) is 5.32 Å². The van der Waals surface area contributed by atoms with Gasteiger partial charge in [0, 0.05) is 11.6 Å². The number of benzene rings is 2. The van der Waals surface area contributed by atoms with Crippen molar-refractivity contribution in [3.8, 4) is 0 Å². The summed E-state index contributed by atoms with van der Waals surface area (Å²) >= 11 is 11.2. The topological polar surface area (TPSA) is 54.8 Å². The predicted molar refractivity (Wildman–Crippen MR) is 105 cm³/mol. The smallest absolute Gasteiger partial charge is 0.248 e. The summed E-state index contributed by atoms with van der Waals surface area (Å²) in [6.45, 7) is 3.36. The number of anilines is 1. The van der Waals surface area contributed by atoms with Crippen LogP contribution in [-0.4, -0.2) is 19.9 Å². The van der Waals surface area contributed by atoms with Crippen LogP contribution >= 0.6 is 23.8 Å². The molecule has 0 radical (unpaired) electrons. The highest BCUT2D eigenvalue weighted by molar-refractivity contribution is 7.80. The van der Waals surface area contributed by atoms with E-state index in [2.05, 4.69) is 39.8 Å². The molecule has 0 saturated carbocycles. The lowest BCUT2D eigenvalue weighted by Crippen LogP contribution is -2.28. The minimum atomic E-state index is 0.474. The zero-order valence-corrected chi connectivity index (χ0v) is 15.3. The summed E-state index contributed by atoms with van der Waals surface area (Å²) in [7, 11) is 0. The second-order valence-electron chi connectivity index (χ2n) is 5.63. The molecule has 0 spiro atoms. The maximum absolute atomic E-state index is 5.87. The molecular formula is C18H18ClN5S. The van der Waals surface area contributed by atoms with E-state index in [4.69, 9.17) is 23.8 Å². The summed E-state index contributed by atoms with van der Waals surface area (Å²) in [4.78, 5) is 4.24. The Morgan fingerprint density at radius 1 is 1.16 bits per heavy atom. The molecule has 7 heteroatoms. The largest absolute Gasteiger partial charge is 0.358 e. The number of nitrogens with one attached hydrogen (secondary N) is 2. The van der Waals surface area contributed by atoms with Crippen LogP contribution in [0.15, 0.2) is 54.9 Å². The zero-order valence-electron chi connectivity index (χ0n) is 13.7. The van der Waals surface area contributed by atoms with Gasteiger partial charge < -0.3 is 5.32 Å². The molecule has 0 unspecified atom stereocenters. The molecule has 25 heavy (non-hydrogen) atoms. The second kappa shape index (κ2) is 8.09. The molecule has 0 fully saturated rings. The Kier molecular flexibility index (Phi) is 5.63. The van der Waals surface area contributed by atoms with Gasteiger partial charge in [0.15, 0.2) is 5.11 Å². The van der Waals surface area contributed by atoms with Crippen LogP contribution in [0.3, 0.4) is 0 Å². The number of hydrogen-bond donors (Lipinski definition) is 2. The molecule has 0 atom stereocenters. The third-order valence-corrected chi connectivity index (χ3v) is 4.22. The third-order valence-electron chi connectivity index (χ3n) is 3.72. The Morgan fingerprint density at radius 2 is 1.92 bits per heavy atom. The molecule has 1 aromatic heterocycles. The van der Waals surface area contributed by atoms with E-state index in [9.17, 15) is 0 Å². The monoisotopic (exact) mass is 371 g/mol. The molecule has 1 heterocycles. The number of rotatable bonds is 5. The molecular weight excluding hydrogens is 354 g/mol. The summed E-state index contributed by atoms with van der Waals surface area (Å²) in [6, 6.07) is 15.8. The van der Waals surface area contributed by atoms with Gasteiger partial charge in [-0.2, -0.15) is 0 Å². The predicted octanol–water partition coefficient (Wildman–Crippen LogP) is 3.77. The van der Waals surface area contributed by atoms with Gasteiger partial charge in [-0.1, -0.05) is 48.0 Å². The van der Waals surface area contributed by atoms with Gasteiger partial charge in [0.2, 0.25) is 5.95 Å². The number of hydrogen-bond acceptors (Lipinski definition) is 3. The first-order valence-corrected chi connectivity index (χ1v) is 8.62. The fraction of sp³-hybridized carbons (Fsp3) is 0.167. The van der Waals surface area contributed by atoms with Crippen molar-refractivity contribution in [2.45, 2.75) is 20.0 Å². The van der Waals surface area contributed by atoms with Crippen LogP contribution in [0.25, 0.3) is 0 Å². The maximum atomic E-state index is 5.87.